The van der Waals surface area contributed by atoms with Crippen molar-refractivity contribution in [3.63, 3.8) is 0 Å². The van der Waals surface area contributed by atoms with Crippen LogP contribution >= 0.6 is 0 Å². The van der Waals surface area contributed by atoms with Gasteiger partial charge in [-0.25, -0.2) is 8.78 Å². The topological polar surface area (TPSA) is 87.9 Å². The second-order valence-electron chi connectivity index (χ2n) is 9.66. The Kier molecular flexibility index (Phi) is 9.62. The van der Waals surface area contributed by atoms with Crippen LogP contribution in [0.5, 0.6) is 5.75 Å². The number of halogens is 2. The first-order chi connectivity index (χ1) is 18.9. The third-order valence-corrected chi connectivity index (χ3v) is 7.01. The Balaban J connectivity index is 1.61. The number of rotatable bonds is 10. The number of amides is 2. The predicted octanol–water partition coefficient (Wildman–Crippen LogP) is 3.72. The summed E-state index contributed by atoms with van der Waals surface area (Å²) in [7, 11) is 1.62. The number of nitrogens with two attached hydrogens (primary N) is 1. The molecule has 1 aliphatic rings. The Labute approximate surface area is 227 Å². The van der Waals surface area contributed by atoms with Crippen molar-refractivity contribution < 1.29 is 23.1 Å². The highest BCUT2D eigenvalue weighted by Crippen LogP contribution is 2.28. The molecule has 1 unspecified atom stereocenters. The molecule has 39 heavy (non-hydrogen) atoms. The smallest absolute Gasteiger partial charge is 0.254 e. The maximum atomic E-state index is 13.6. The maximum Gasteiger partial charge on any atom is 0.254 e. The molecule has 3 aromatic carbocycles. The summed E-state index contributed by atoms with van der Waals surface area (Å²) in [6.07, 6.45) is 1.02. The van der Waals surface area contributed by atoms with Crippen LogP contribution in [0.4, 0.5) is 8.78 Å². The number of carbonyl (C=O) groups excluding carboxylic acids is 2. The van der Waals surface area contributed by atoms with E-state index < -0.39 is 11.9 Å². The summed E-state index contributed by atoms with van der Waals surface area (Å²) < 4.78 is 32.5. The highest BCUT2D eigenvalue weighted by molar-refractivity contribution is 5.97. The third-order valence-electron chi connectivity index (χ3n) is 7.01. The van der Waals surface area contributed by atoms with Gasteiger partial charge in [0.05, 0.1) is 7.11 Å². The van der Waals surface area contributed by atoms with Gasteiger partial charge in [0.1, 0.15) is 23.4 Å². The molecule has 2 amide bonds. The standard InChI is InChI=1S/C30H34F2N4O3/c1-39-27-4-2-3-22(17-27)20-35(19-21-5-9-24(31)10-6-21)26-13-16-36(28(18-26)29(37)34-15-14-33)30(38)23-7-11-25(32)12-8-23/h2-12,17,26,28H,13-16,18-20,33H2,1H3,(H,34,37)/t26?,28-/m1/s1. The van der Waals surface area contributed by atoms with Crippen LogP contribution in [0.2, 0.25) is 0 Å². The molecular formula is C30H34F2N4O3. The van der Waals surface area contributed by atoms with E-state index in [1.807, 2.05) is 24.3 Å². The van der Waals surface area contributed by atoms with E-state index in [4.69, 9.17) is 10.5 Å². The Morgan fingerprint density at radius 3 is 2.33 bits per heavy atom. The van der Waals surface area contributed by atoms with Crippen molar-refractivity contribution in [2.75, 3.05) is 26.7 Å². The van der Waals surface area contributed by atoms with Crippen LogP contribution in [-0.4, -0.2) is 60.4 Å². The first-order valence-electron chi connectivity index (χ1n) is 13.0. The van der Waals surface area contributed by atoms with Gasteiger partial charge in [-0.3, -0.25) is 14.5 Å². The lowest BCUT2D eigenvalue weighted by Gasteiger charge is -2.43. The van der Waals surface area contributed by atoms with Gasteiger partial charge in [-0.1, -0.05) is 24.3 Å². The molecule has 9 heteroatoms. The van der Waals surface area contributed by atoms with Gasteiger partial charge in [0.2, 0.25) is 5.91 Å². The number of piperidine rings is 1. The molecule has 0 aliphatic carbocycles. The Bertz CT molecular complexity index is 1250. The molecule has 0 saturated carbocycles. The third kappa shape index (κ3) is 7.40. The average Bonchev–Trinajstić information content (AvgIpc) is 2.96. The zero-order valence-electron chi connectivity index (χ0n) is 22.0. The van der Waals surface area contributed by atoms with Crippen LogP contribution in [0.3, 0.4) is 0 Å². The van der Waals surface area contributed by atoms with Crippen LogP contribution in [0.15, 0.2) is 72.8 Å². The molecule has 0 radical (unpaired) electrons. The molecule has 0 aromatic heterocycles. The van der Waals surface area contributed by atoms with Crippen molar-refractivity contribution >= 4 is 11.8 Å². The Morgan fingerprint density at radius 2 is 1.67 bits per heavy atom. The van der Waals surface area contributed by atoms with Gasteiger partial charge in [-0.2, -0.15) is 0 Å². The van der Waals surface area contributed by atoms with Crippen molar-refractivity contribution in [3.05, 3.63) is 101 Å². The number of nitrogens with one attached hydrogen (secondary N) is 1. The molecule has 2 atom stereocenters. The summed E-state index contributed by atoms with van der Waals surface area (Å²) in [5, 5.41) is 2.83. The highest BCUT2D eigenvalue weighted by atomic mass is 19.1. The number of nitrogens with zero attached hydrogens (tertiary/aromatic N) is 2. The van der Waals surface area contributed by atoms with Crippen molar-refractivity contribution in [1.29, 1.82) is 0 Å². The molecule has 7 nitrogen and oxygen atoms in total. The van der Waals surface area contributed by atoms with Crippen LogP contribution in [-0.2, 0) is 17.9 Å². The molecular weight excluding hydrogens is 502 g/mol. The molecule has 1 fully saturated rings. The minimum Gasteiger partial charge on any atom is -0.497 e. The second-order valence-corrected chi connectivity index (χ2v) is 9.66. The van der Waals surface area contributed by atoms with Crippen molar-refractivity contribution in [3.8, 4) is 5.75 Å². The van der Waals surface area contributed by atoms with Gasteiger partial charge < -0.3 is 20.7 Å². The number of hydrogen-bond acceptors (Lipinski definition) is 5. The van der Waals surface area contributed by atoms with E-state index in [0.717, 1.165) is 16.9 Å². The normalized spacial score (nSPS) is 17.2. The lowest BCUT2D eigenvalue weighted by molar-refractivity contribution is -0.127. The Morgan fingerprint density at radius 1 is 1.00 bits per heavy atom. The molecule has 1 aliphatic heterocycles. The number of carbonyl (C=O) groups is 2. The van der Waals surface area contributed by atoms with E-state index in [9.17, 15) is 18.4 Å². The van der Waals surface area contributed by atoms with Crippen molar-refractivity contribution in [2.45, 2.75) is 38.0 Å². The first kappa shape index (κ1) is 28.2. The maximum absolute atomic E-state index is 13.6. The summed E-state index contributed by atoms with van der Waals surface area (Å²) in [5.41, 5.74) is 7.91. The number of likely N-dealkylation sites (tertiary alicyclic amines) is 1. The van der Waals surface area contributed by atoms with Crippen molar-refractivity contribution in [1.82, 2.24) is 15.1 Å². The van der Waals surface area contributed by atoms with E-state index in [2.05, 4.69) is 10.2 Å². The van der Waals surface area contributed by atoms with Gasteiger partial charge >= 0.3 is 0 Å². The van der Waals surface area contributed by atoms with Gasteiger partial charge in [0.15, 0.2) is 0 Å². The summed E-state index contributed by atoms with van der Waals surface area (Å²) in [6, 6.07) is 18.7. The van der Waals surface area contributed by atoms with E-state index >= 15 is 0 Å². The van der Waals surface area contributed by atoms with Crippen LogP contribution < -0.4 is 15.8 Å². The van der Waals surface area contributed by atoms with E-state index in [1.54, 1.807) is 24.1 Å². The van der Waals surface area contributed by atoms with Crippen molar-refractivity contribution in [2.24, 2.45) is 5.73 Å². The minimum absolute atomic E-state index is 0.0489. The fourth-order valence-corrected chi connectivity index (χ4v) is 4.99. The Hall–Kier alpha value is -3.82. The SMILES string of the molecule is COc1cccc(CN(Cc2ccc(F)cc2)C2CCN(C(=O)c3ccc(F)cc3)[C@@H](C(=O)NCCN)C2)c1. The van der Waals surface area contributed by atoms with Gasteiger partial charge in [0.25, 0.3) is 5.91 Å². The zero-order chi connectivity index (χ0) is 27.8. The van der Waals surface area contributed by atoms with E-state index in [-0.39, 0.29) is 30.2 Å². The fourth-order valence-electron chi connectivity index (χ4n) is 4.99. The summed E-state index contributed by atoms with van der Waals surface area (Å²) >= 11 is 0. The number of benzene rings is 3. The monoisotopic (exact) mass is 536 g/mol. The number of hydrogen-bond donors (Lipinski definition) is 2. The molecule has 3 N–H and O–H groups in total. The largest absolute Gasteiger partial charge is 0.497 e. The highest BCUT2D eigenvalue weighted by Gasteiger charge is 2.38. The minimum atomic E-state index is -0.728. The summed E-state index contributed by atoms with van der Waals surface area (Å²) in [4.78, 5) is 30.5. The fraction of sp³-hybridized carbons (Fsp3) is 0.333. The molecule has 0 bridgehead atoms. The first-order valence-corrected chi connectivity index (χ1v) is 13.0. The van der Waals surface area contributed by atoms with Gasteiger partial charge in [-0.15, -0.1) is 0 Å². The second kappa shape index (κ2) is 13.3. The average molecular weight is 537 g/mol. The van der Waals surface area contributed by atoms with Gasteiger partial charge in [0, 0.05) is 44.3 Å². The van der Waals surface area contributed by atoms with Gasteiger partial charge in [-0.05, 0) is 72.5 Å². The predicted molar refractivity (Wildman–Crippen MR) is 145 cm³/mol. The van der Waals surface area contributed by atoms with E-state index in [0.29, 0.717) is 44.6 Å². The summed E-state index contributed by atoms with van der Waals surface area (Å²) in [6.45, 7) is 2.02. The molecule has 0 spiro atoms. The molecule has 206 valence electrons. The molecule has 1 heterocycles. The van der Waals surface area contributed by atoms with Crippen LogP contribution in [0.1, 0.15) is 34.3 Å². The zero-order valence-corrected chi connectivity index (χ0v) is 22.0. The lowest BCUT2D eigenvalue weighted by atomic mass is 9.93. The number of methoxy groups -OCH3 is 1. The van der Waals surface area contributed by atoms with Crippen LogP contribution in [0.25, 0.3) is 0 Å². The lowest BCUT2D eigenvalue weighted by Crippen LogP contribution is -2.57. The summed E-state index contributed by atoms with van der Waals surface area (Å²) in [5.74, 6) is -0.588. The quantitative estimate of drug-likeness (QED) is 0.413. The van der Waals surface area contributed by atoms with E-state index in [1.165, 1.54) is 36.4 Å². The molecule has 3 aromatic rings. The molecule has 4 rings (SSSR count). The molecule has 1 saturated heterocycles. The number of ether oxygens (including phenoxy) is 1. The van der Waals surface area contributed by atoms with Crippen LogP contribution in [0, 0.1) is 11.6 Å².